The maximum atomic E-state index is 13.8. The highest BCUT2D eigenvalue weighted by atomic mass is 19.1. The Morgan fingerprint density at radius 1 is 1.36 bits per heavy atom. The van der Waals surface area contributed by atoms with Crippen molar-refractivity contribution < 1.29 is 8.78 Å². The number of halogens is 2. The zero-order chi connectivity index (χ0) is 17.6. The highest BCUT2D eigenvalue weighted by Crippen LogP contribution is 2.25. The first-order valence-electron chi connectivity index (χ1n) is 8.49. The van der Waals surface area contributed by atoms with Crippen LogP contribution in [0.1, 0.15) is 37.1 Å². The van der Waals surface area contributed by atoms with Gasteiger partial charge in [-0.05, 0) is 38.0 Å². The molecule has 2 heterocycles. The minimum absolute atomic E-state index is 0.105. The van der Waals surface area contributed by atoms with Crippen LogP contribution in [-0.4, -0.2) is 45.7 Å². The molecule has 2 N–H and O–H groups in total. The largest absolute Gasteiger partial charge is 0.357 e. The van der Waals surface area contributed by atoms with Gasteiger partial charge in [-0.15, -0.1) is 0 Å². The number of aromatic nitrogens is 3. The smallest absolute Gasteiger partial charge is 0.194 e. The van der Waals surface area contributed by atoms with Crippen molar-refractivity contribution in [3.63, 3.8) is 0 Å². The Morgan fingerprint density at radius 3 is 2.84 bits per heavy atom. The molecule has 8 heteroatoms. The number of hydrogen-bond acceptors (Lipinski definition) is 3. The van der Waals surface area contributed by atoms with Crippen LogP contribution in [0.2, 0.25) is 0 Å². The van der Waals surface area contributed by atoms with Crippen LogP contribution in [0.25, 0.3) is 0 Å². The molecule has 1 fully saturated rings. The number of aliphatic imine (C=N–C) groups is 1. The van der Waals surface area contributed by atoms with Gasteiger partial charge in [0.05, 0.1) is 6.54 Å². The molecular formula is C17H22F2N6. The average Bonchev–Trinajstić information content (AvgIpc) is 3.16. The predicted octanol–water partition coefficient (Wildman–Crippen LogP) is 2.43. The number of benzene rings is 1. The molecular weight excluding hydrogens is 326 g/mol. The number of guanidine groups is 1. The van der Waals surface area contributed by atoms with Gasteiger partial charge in [-0.2, -0.15) is 5.10 Å². The summed E-state index contributed by atoms with van der Waals surface area (Å²) in [5, 5.41) is 10.1. The zero-order valence-electron chi connectivity index (χ0n) is 14.2. The number of rotatable bonds is 4. The number of H-pyrrole nitrogens is 1. The lowest BCUT2D eigenvalue weighted by molar-refractivity contribution is 0.298. The lowest BCUT2D eigenvalue weighted by Gasteiger charge is -2.33. The van der Waals surface area contributed by atoms with E-state index in [1.165, 1.54) is 12.4 Å². The van der Waals surface area contributed by atoms with Crippen molar-refractivity contribution in [1.29, 1.82) is 0 Å². The topological polar surface area (TPSA) is 69.2 Å². The number of hydrogen-bond donors (Lipinski definition) is 2. The Labute approximate surface area is 145 Å². The number of nitrogens with one attached hydrogen (secondary N) is 2. The van der Waals surface area contributed by atoms with E-state index in [0.29, 0.717) is 12.5 Å². The van der Waals surface area contributed by atoms with E-state index in [1.54, 1.807) is 0 Å². The fraction of sp³-hybridized carbons (Fsp3) is 0.471. The first-order chi connectivity index (χ1) is 12.2. The van der Waals surface area contributed by atoms with Gasteiger partial charge in [0.1, 0.15) is 23.8 Å². The van der Waals surface area contributed by atoms with Crippen LogP contribution in [0.15, 0.2) is 29.5 Å². The standard InChI is InChI=1S/C17H22F2N6/c1-2-20-17(21-10-13-9-14(18)3-4-15(13)19)25-7-5-12(6-8-25)16-22-11-23-24-16/h3-4,9,11-12H,2,5-8,10H2,1H3,(H,20,21)(H,22,23,24). The normalized spacial score (nSPS) is 16.3. The van der Waals surface area contributed by atoms with Gasteiger partial charge in [-0.1, -0.05) is 0 Å². The van der Waals surface area contributed by atoms with Gasteiger partial charge in [0.15, 0.2) is 5.96 Å². The van der Waals surface area contributed by atoms with E-state index in [1.807, 2.05) is 6.92 Å². The van der Waals surface area contributed by atoms with E-state index in [4.69, 9.17) is 0 Å². The van der Waals surface area contributed by atoms with Gasteiger partial charge < -0.3 is 10.2 Å². The molecule has 0 radical (unpaired) electrons. The molecule has 1 aliphatic rings. The molecule has 1 aliphatic heterocycles. The van der Waals surface area contributed by atoms with Gasteiger partial charge in [-0.25, -0.2) is 18.8 Å². The second-order valence-electron chi connectivity index (χ2n) is 6.04. The molecule has 0 bridgehead atoms. The van der Waals surface area contributed by atoms with E-state index in [-0.39, 0.29) is 12.1 Å². The lowest BCUT2D eigenvalue weighted by atomic mass is 9.96. The predicted molar refractivity (Wildman–Crippen MR) is 91.1 cm³/mol. The molecule has 25 heavy (non-hydrogen) atoms. The van der Waals surface area contributed by atoms with Crippen molar-refractivity contribution >= 4 is 5.96 Å². The van der Waals surface area contributed by atoms with Crippen molar-refractivity contribution in [1.82, 2.24) is 25.4 Å². The van der Waals surface area contributed by atoms with E-state index >= 15 is 0 Å². The summed E-state index contributed by atoms with van der Waals surface area (Å²) in [4.78, 5) is 10.9. The Kier molecular flexibility index (Phi) is 5.57. The van der Waals surface area contributed by atoms with E-state index in [9.17, 15) is 8.78 Å². The van der Waals surface area contributed by atoms with Gasteiger partial charge in [-0.3, -0.25) is 5.10 Å². The maximum absolute atomic E-state index is 13.8. The molecule has 0 atom stereocenters. The minimum Gasteiger partial charge on any atom is -0.357 e. The van der Waals surface area contributed by atoms with Crippen LogP contribution in [0.4, 0.5) is 8.78 Å². The maximum Gasteiger partial charge on any atom is 0.194 e. The van der Waals surface area contributed by atoms with Gasteiger partial charge in [0.2, 0.25) is 0 Å². The van der Waals surface area contributed by atoms with Crippen LogP contribution in [0.3, 0.4) is 0 Å². The summed E-state index contributed by atoms with van der Waals surface area (Å²) in [6.07, 6.45) is 3.41. The second-order valence-corrected chi connectivity index (χ2v) is 6.04. The van der Waals surface area contributed by atoms with Gasteiger partial charge in [0.25, 0.3) is 0 Å². The molecule has 134 valence electrons. The minimum atomic E-state index is -0.454. The van der Waals surface area contributed by atoms with Gasteiger partial charge >= 0.3 is 0 Å². The first-order valence-corrected chi connectivity index (χ1v) is 8.49. The van der Waals surface area contributed by atoms with E-state index in [0.717, 1.165) is 49.8 Å². The first kappa shape index (κ1) is 17.3. The molecule has 1 aromatic carbocycles. The highest BCUT2D eigenvalue weighted by Gasteiger charge is 2.24. The Morgan fingerprint density at radius 2 is 2.16 bits per heavy atom. The summed E-state index contributed by atoms with van der Waals surface area (Å²) < 4.78 is 27.1. The molecule has 0 aliphatic carbocycles. The van der Waals surface area contributed by atoms with Crippen LogP contribution in [0.5, 0.6) is 0 Å². The fourth-order valence-electron chi connectivity index (χ4n) is 3.03. The number of aromatic amines is 1. The van der Waals surface area contributed by atoms with Crippen molar-refractivity contribution in [3.8, 4) is 0 Å². The van der Waals surface area contributed by atoms with Crippen molar-refractivity contribution in [2.75, 3.05) is 19.6 Å². The lowest BCUT2D eigenvalue weighted by Crippen LogP contribution is -2.45. The van der Waals surface area contributed by atoms with Crippen LogP contribution < -0.4 is 5.32 Å². The van der Waals surface area contributed by atoms with E-state index in [2.05, 4.69) is 30.4 Å². The fourth-order valence-corrected chi connectivity index (χ4v) is 3.03. The monoisotopic (exact) mass is 348 g/mol. The third-order valence-electron chi connectivity index (χ3n) is 4.36. The van der Waals surface area contributed by atoms with Crippen molar-refractivity contribution in [2.45, 2.75) is 32.2 Å². The van der Waals surface area contributed by atoms with Crippen molar-refractivity contribution in [3.05, 3.63) is 47.5 Å². The number of piperidine rings is 1. The molecule has 2 aromatic rings. The van der Waals surface area contributed by atoms with Crippen LogP contribution >= 0.6 is 0 Å². The summed E-state index contributed by atoms with van der Waals surface area (Å²) in [7, 11) is 0. The van der Waals surface area contributed by atoms with E-state index < -0.39 is 11.6 Å². The van der Waals surface area contributed by atoms with Crippen LogP contribution in [-0.2, 0) is 6.54 Å². The Balaban J connectivity index is 1.65. The molecule has 6 nitrogen and oxygen atoms in total. The third kappa shape index (κ3) is 4.32. The second kappa shape index (κ2) is 8.04. The van der Waals surface area contributed by atoms with Gasteiger partial charge in [0, 0.05) is 31.1 Å². The summed E-state index contributed by atoms with van der Waals surface area (Å²) in [5.41, 5.74) is 0.256. The molecule has 0 spiro atoms. The Hall–Kier alpha value is -2.51. The quantitative estimate of drug-likeness (QED) is 0.658. The summed E-state index contributed by atoms with van der Waals surface area (Å²) in [5.74, 6) is 1.11. The number of nitrogens with zero attached hydrogens (tertiary/aromatic N) is 4. The number of likely N-dealkylation sites (tertiary alicyclic amines) is 1. The molecule has 1 aromatic heterocycles. The third-order valence-corrected chi connectivity index (χ3v) is 4.36. The van der Waals surface area contributed by atoms with Crippen LogP contribution in [0, 0.1) is 11.6 Å². The molecule has 0 unspecified atom stereocenters. The summed E-state index contributed by atoms with van der Waals surface area (Å²) in [6, 6.07) is 3.44. The average molecular weight is 348 g/mol. The zero-order valence-corrected chi connectivity index (χ0v) is 14.2. The van der Waals surface area contributed by atoms with Crippen molar-refractivity contribution in [2.24, 2.45) is 4.99 Å². The Bertz CT molecular complexity index is 708. The highest BCUT2D eigenvalue weighted by molar-refractivity contribution is 5.80. The molecule has 0 amide bonds. The summed E-state index contributed by atoms with van der Waals surface area (Å²) >= 11 is 0. The molecule has 1 saturated heterocycles. The summed E-state index contributed by atoms with van der Waals surface area (Å²) in [6.45, 7) is 4.45. The SMILES string of the molecule is CCNC(=NCc1cc(F)ccc1F)N1CCC(c2ncn[nH]2)CC1. The molecule has 0 saturated carbocycles. The molecule has 3 rings (SSSR count).